The zero-order valence-electron chi connectivity index (χ0n) is 12.8. The molecule has 1 aliphatic rings. The van der Waals surface area contributed by atoms with Crippen LogP contribution < -0.4 is 5.73 Å². The number of para-hydroxylation sites is 2. The highest BCUT2D eigenvalue weighted by molar-refractivity contribution is 5.75. The molecule has 2 atom stereocenters. The predicted molar refractivity (Wildman–Crippen MR) is 84.3 cm³/mol. The van der Waals surface area contributed by atoms with Crippen LogP contribution in [-0.4, -0.2) is 53.3 Å². The first kappa shape index (κ1) is 14.5. The molecule has 0 aliphatic carbocycles. The molecule has 1 aliphatic heterocycles. The van der Waals surface area contributed by atoms with Gasteiger partial charge in [0.25, 0.3) is 0 Å². The van der Waals surface area contributed by atoms with Gasteiger partial charge < -0.3 is 19.9 Å². The summed E-state index contributed by atoms with van der Waals surface area (Å²) in [6.07, 6.45) is 0.843. The van der Waals surface area contributed by atoms with Crippen molar-refractivity contribution in [1.82, 2.24) is 14.5 Å². The minimum atomic E-state index is -0.0186. The van der Waals surface area contributed by atoms with E-state index in [0.717, 1.165) is 44.0 Å². The number of nitrogens with zero attached hydrogens (tertiary/aromatic N) is 3. The Morgan fingerprint density at radius 2 is 2.24 bits per heavy atom. The fraction of sp³-hybridized carbons (Fsp3) is 0.562. The monoisotopic (exact) mass is 288 g/mol. The lowest BCUT2D eigenvalue weighted by Gasteiger charge is -2.33. The van der Waals surface area contributed by atoms with E-state index in [1.54, 1.807) is 0 Å². The quantitative estimate of drug-likeness (QED) is 0.920. The molecule has 2 N–H and O–H groups in total. The minimum Gasteiger partial charge on any atom is -0.374 e. The first-order valence-electron chi connectivity index (χ1n) is 7.69. The summed E-state index contributed by atoms with van der Waals surface area (Å²) >= 11 is 0. The number of hydrogen-bond acceptors (Lipinski definition) is 4. The maximum Gasteiger partial charge on any atom is 0.111 e. The highest BCUT2D eigenvalue weighted by Gasteiger charge is 2.25. The first-order valence-corrected chi connectivity index (χ1v) is 7.69. The van der Waals surface area contributed by atoms with Crippen LogP contribution in [0.2, 0.25) is 0 Å². The van der Waals surface area contributed by atoms with Gasteiger partial charge in [0.15, 0.2) is 0 Å². The number of nitrogens with two attached hydrogens (primary N) is 1. The predicted octanol–water partition coefficient (Wildman–Crippen LogP) is 1.26. The van der Waals surface area contributed by atoms with Crippen molar-refractivity contribution in [3.8, 4) is 0 Å². The maximum absolute atomic E-state index is 6.38. The Balaban J connectivity index is 1.80. The van der Waals surface area contributed by atoms with E-state index in [1.165, 1.54) is 5.52 Å². The molecule has 2 heterocycles. The molecule has 1 fully saturated rings. The molecule has 1 saturated heterocycles. The number of hydrogen-bond donors (Lipinski definition) is 1. The number of ether oxygens (including phenoxy) is 1. The number of likely N-dealkylation sites (N-methyl/N-ethyl adjacent to an activating group) is 1. The number of rotatable bonds is 4. The summed E-state index contributed by atoms with van der Waals surface area (Å²) in [5.41, 5.74) is 8.61. The number of fused-ring (bicyclic) bond motifs is 1. The van der Waals surface area contributed by atoms with Crippen molar-refractivity contribution in [2.75, 3.05) is 26.7 Å². The Labute approximate surface area is 125 Å². The van der Waals surface area contributed by atoms with Crippen molar-refractivity contribution < 1.29 is 4.74 Å². The Hall–Kier alpha value is -1.43. The van der Waals surface area contributed by atoms with Gasteiger partial charge in [-0.2, -0.15) is 0 Å². The van der Waals surface area contributed by atoms with E-state index in [4.69, 9.17) is 15.5 Å². The second-order valence-electron chi connectivity index (χ2n) is 5.80. The van der Waals surface area contributed by atoms with Crippen LogP contribution in [0.3, 0.4) is 0 Å². The van der Waals surface area contributed by atoms with Crippen LogP contribution in [-0.2, 0) is 17.7 Å². The Kier molecular flexibility index (Phi) is 4.24. The summed E-state index contributed by atoms with van der Waals surface area (Å²) in [6, 6.07) is 8.24. The molecule has 114 valence electrons. The molecule has 5 heteroatoms. The van der Waals surface area contributed by atoms with Gasteiger partial charge in [0.05, 0.1) is 23.7 Å². The van der Waals surface area contributed by atoms with E-state index in [0.29, 0.717) is 0 Å². The van der Waals surface area contributed by atoms with Gasteiger partial charge in [0.2, 0.25) is 0 Å². The maximum atomic E-state index is 6.38. The van der Waals surface area contributed by atoms with Gasteiger partial charge >= 0.3 is 0 Å². The molecule has 0 saturated carbocycles. The Morgan fingerprint density at radius 3 is 3.00 bits per heavy atom. The van der Waals surface area contributed by atoms with Crippen molar-refractivity contribution in [3.05, 3.63) is 30.1 Å². The molecular formula is C16H24N4O. The third kappa shape index (κ3) is 2.95. The molecule has 1 aromatic heterocycles. The molecule has 1 aromatic carbocycles. The Morgan fingerprint density at radius 1 is 1.43 bits per heavy atom. The second kappa shape index (κ2) is 6.13. The van der Waals surface area contributed by atoms with Crippen LogP contribution in [0.15, 0.2) is 24.3 Å². The molecule has 0 amide bonds. The molecule has 0 radical (unpaired) electrons. The summed E-state index contributed by atoms with van der Waals surface area (Å²) in [7, 11) is 2.11. The fourth-order valence-corrected chi connectivity index (χ4v) is 3.05. The van der Waals surface area contributed by atoms with Crippen LogP contribution in [0.5, 0.6) is 0 Å². The van der Waals surface area contributed by atoms with Gasteiger partial charge in [-0.1, -0.05) is 12.1 Å². The van der Waals surface area contributed by atoms with Gasteiger partial charge in [-0.05, 0) is 26.1 Å². The van der Waals surface area contributed by atoms with Crippen LogP contribution >= 0.6 is 0 Å². The standard InChI is InChI=1S/C16H24N4O/c1-3-20-14-7-5-4-6-13(14)18-16(20)10-12(17)15-11-19(2)8-9-21-15/h4-7,12,15H,3,8-11,17H2,1-2H3. The van der Waals surface area contributed by atoms with Gasteiger partial charge in [-0.25, -0.2) is 4.98 Å². The zero-order valence-corrected chi connectivity index (χ0v) is 12.8. The fourth-order valence-electron chi connectivity index (χ4n) is 3.05. The largest absolute Gasteiger partial charge is 0.374 e. The highest BCUT2D eigenvalue weighted by atomic mass is 16.5. The van der Waals surface area contributed by atoms with Gasteiger partial charge in [-0.3, -0.25) is 0 Å². The third-order valence-electron chi connectivity index (χ3n) is 4.24. The van der Waals surface area contributed by atoms with E-state index in [1.807, 2.05) is 6.07 Å². The topological polar surface area (TPSA) is 56.3 Å². The van der Waals surface area contributed by atoms with E-state index in [9.17, 15) is 0 Å². The van der Waals surface area contributed by atoms with Gasteiger partial charge in [0.1, 0.15) is 5.82 Å². The van der Waals surface area contributed by atoms with Crippen LogP contribution in [0.1, 0.15) is 12.7 Å². The summed E-state index contributed by atoms with van der Waals surface area (Å²) in [6.45, 7) is 5.70. The second-order valence-corrected chi connectivity index (χ2v) is 5.80. The lowest BCUT2D eigenvalue weighted by molar-refractivity contribution is -0.0322. The molecule has 2 aromatic rings. The summed E-state index contributed by atoms with van der Waals surface area (Å²) in [5.74, 6) is 1.06. The normalized spacial score (nSPS) is 21.8. The molecule has 2 unspecified atom stereocenters. The molecule has 0 spiro atoms. The molecular weight excluding hydrogens is 264 g/mol. The molecule has 5 nitrogen and oxygen atoms in total. The number of aromatic nitrogens is 2. The summed E-state index contributed by atoms with van der Waals surface area (Å²) < 4.78 is 8.08. The number of morpholine rings is 1. The smallest absolute Gasteiger partial charge is 0.111 e. The lowest BCUT2D eigenvalue weighted by Crippen LogP contribution is -2.50. The Bertz CT molecular complexity index is 609. The van der Waals surface area contributed by atoms with Gasteiger partial charge in [-0.15, -0.1) is 0 Å². The zero-order chi connectivity index (χ0) is 14.8. The SMILES string of the molecule is CCn1c(CC(N)C2CN(C)CCO2)nc2ccccc21. The van der Waals surface area contributed by atoms with Crippen molar-refractivity contribution in [3.63, 3.8) is 0 Å². The molecule has 0 bridgehead atoms. The van der Waals surface area contributed by atoms with E-state index in [-0.39, 0.29) is 12.1 Å². The lowest BCUT2D eigenvalue weighted by atomic mass is 10.1. The van der Waals surface area contributed by atoms with E-state index < -0.39 is 0 Å². The first-order chi connectivity index (χ1) is 10.2. The molecule has 21 heavy (non-hydrogen) atoms. The van der Waals surface area contributed by atoms with Gasteiger partial charge in [0, 0.05) is 32.1 Å². The van der Waals surface area contributed by atoms with Crippen molar-refractivity contribution in [1.29, 1.82) is 0 Å². The average Bonchev–Trinajstić information content (AvgIpc) is 2.84. The highest BCUT2D eigenvalue weighted by Crippen LogP contribution is 2.18. The molecule has 3 rings (SSSR count). The third-order valence-corrected chi connectivity index (χ3v) is 4.24. The van der Waals surface area contributed by atoms with Crippen molar-refractivity contribution >= 4 is 11.0 Å². The number of imidazole rings is 1. The number of aryl methyl sites for hydroxylation is 1. The van der Waals surface area contributed by atoms with E-state index in [2.05, 4.69) is 41.6 Å². The summed E-state index contributed by atoms with van der Waals surface area (Å²) in [5, 5.41) is 0. The number of benzene rings is 1. The van der Waals surface area contributed by atoms with Crippen LogP contribution in [0.25, 0.3) is 11.0 Å². The minimum absolute atomic E-state index is 0.0186. The van der Waals surface area contributed by atoms with Crippen molar-refractivity contribution in [2.45, 2.75) is 32.0 Å². The summed E-state index contributed by atoms with van der Waals surface area (Å²) in [4.78, 5) is 7.03. The van der Waals surface area contributed by atoms with Crippen molar-refractivity contribution in [2.24, 2.45) is 5.73 Å². The average molecular weight is 288 g/mol. The van der Waals surface area contributed by atoms with Crippen LogP contribution in [0, 0.1) is 0 Å². The van der Waals surface area contributed by atoms with E-state index >= 15 is 0 Å². The van der Waals surface area contributed by atoms with Crippen LogP contribution in [0.4, 0.5) is 0 Å².